The van der Waals surface area contributed by atoms with Crippen LogP contribution in [0.1, 0.15) is 6.42 Å². The van der Waals surface area contributed by atoms with Crippen LogP contribution in [0.25, 0.3) is 11.3 Å². The summed E-state index contributed by atoms with van der Waals surface area (Å²) in [6.07, 6.45) is -0.0564. The van der Waals surface area contributed by atoms with E-state index in [2.05, 4.69) is 15.6 Å². The molecule has 3 rings (SSSR count). The zero-order valence-corrected chi connectivity index (χ0v) is 14.2. The van der Waals surface area contributed by atoms with Crippen LogP contribution in [0.2, 0.25) is 0 Å². The third-order valence-corrected chi connectivity index (χ3v) is 4.60. The van der Waals surface area contributed by atoms with Crippen LogP contribution in [0.15, 0.2) is 23.6 Å². The van der Waals surface area contributed by atoms with Gasteiger partial charge in [-0.05, 0) is 24.6 Å². The number of methoxy groups -OCH3 is 2. The molecule has 0 aliphatic carbocycles. The van der Waals surface area contributed by atoms with Crippen LogP contribution in [-0.2, 0) is 4.79 Å². The Labute approximate surface area is 143 Å². The third kappa shape index (κ3) is 3.50. The predicted molar refractivity (Wildman–Crippen MR) is 91.7 cm³/mol. The molecular formula is C16H19N3O4S. The van der Waals surface area contributed by atoms with Gasteiger partial charge < -0.3 is 25.2 Å². The summed E-state index contributed by atoms with van der Waals surface area (Å²) in [6.45, 7) is 0.437. The molecule has 0 radical (unpaired) electrons. The number of hydrogen-bond donors (Lipinski definition) is 3. The molecule has 1 aromatic heterocycles. The van der Waals surface area contributed by atoms with Crippen molar-refractivity contribution < 1.29 is 19.4 Å². The van der Waals surface area contributed by atoms with Gasteiger partial charge in [0.25, 0.3) is 0 Å². The molecule has 3 N–H and O–H groups in total. The molecule has 7 nitrogen and oxygen atoms in total. The van der Waals surface area contributed by atoms with E-state index >= 15 is 0 Å². The Balaban J connectivity index is 1.72. The van der Waals surface area contributed by atoms with Crippen molar-refractivity contribution in [3.8, 4) is 22.8 Å². The maximum atomic E-state index is 12.1. The Hall–Kier alpha value is -2.16. The summed E-state index contributed by atoms with van der Waals surface area (Å²) < 4.78 is 10.5. The van der Waals surface area contributed by atoms with Crippen molar-refractivity contribution >= 4 is 22.4 Å². The Kier molecular flexibility index (Phi) is 4.98. The number of anilines is 1. The van der Waals surface area contributed by atoms with Gasteiger partial charge in [-0.3, -0.25) is 4.79 Å². The first kappa shape index (κ1) is 16.7. The summed E-state index contributed by atoms with van der Waals surface area (Å²) in [4.78, 5) is 16.6. The summed E-state index contributed by atoms with van der Waals surface area (Å²) in [5.41, 5.74) is 1.62. The molecular weight excluding hydrogens is 330 g/mol. The minimum Gasteiger partial charge on any atom is -0.493 e. The average Bonchev–Trinajstić information content (AvgIpc) is 3.23. The van der Waals surface area contributed by atoms with Crippen LogP contribution in [-0.4, -0.2) is 48.9 Å². The standard InChI is InChI=1S/C16H19N3O4S/c1-22-13-4-3-9(5-14(13)23-2)12-8-24-16(18-12)19-15(21)11-6-10(20)7-17-11/h3-5,8,10-11,17,20H,6-7H2,1-2H3,(H,18,19,21)/t10-,11-/m0/s1. The molecule has 0 bridgehead atoms. The van der Waals surface area contributed by atoms with Gasteiger partial charge >= 0.3 is 0 Å². The number of aliphatic hydroxyl groups is 1. The van der Waals surface area contributed by atoms with Crippen LogP contribution in [0.4, 0.5) is 5.13 Å². The molecule has 0 unspecified atom stereocenters. The number of ether oxygens (including phenoxy) is 2. The molecule has 128 valence electrons. The van der Waals surface area contributed by atoms with E-state index in [1.165, 1.54) is 11.3 Å². The first-order chi connectivity index (χ1) is 11.6. The van der Waals surface area contributed by atoms with Crippen LogP contribution >= 0.6 is 11.3 Å². The van der Waals surface area contributed by atoms with Crippen molar-refractivity contribution in [2.45, 2.75) is 18.6 Å². The highest BCUT2D eigenvalue weighted by Gasteiger charge is 2.28. The number of carbonyl (C=O) groups is 1. The lowest BCUT2D eigenvalue weighted by Gasteiger charge is -2.09. The predicted octanol–water partition coefficient (Wildman–Crippen LogP) is 1.49. The van der Waals surface area contributed by atoms with Crippen molar-refractivity contribution in [3.05, 3.63) is 23.6 Å². The lowest BCUT2D eigenvalue weighted by atomic mass is 10.1. The fourth-order valence-electron chi connectivity index (χ4n) is 2.57. The van der Waals surface area contributed by atoms with Crippen molar-refractivity contribution in [1.29, 1.82) is 0 Å². The van der Waals surface area contributed by atoms with Crippen molar-refractivity contribution in [1.82, 2.24) is 10.3 Å². The Morgan fingerprint density at radius 2 is 2.17 bits per heavy atom. The van der Waals surface area contributed by atoms with E-state index < -0.39 is 6.10 Å². The van der Waals surface area contributed by atoms with Gasteiger partial charge in [0.05, 0.1) is 32.1 Å². The minimum absolute atomic E-state index is 0.181. The van der Waals surface area contributed by atoms with Gasteiger partial charge in [-0.25, -0.2) is 4.98 Å². The molecule has 1 amide bonds. The van der Waals surface area contributed by atoms with Gasteiger partial charge in [0.15, 0.2) is 16.6 Å². The molecule has 2 heterocycles. The Morgan fingerprint density at radius 1 is 1.38 bits per heavy atom. The number of carbonyl (C=O) groups excluding carboxylic acids is 1. The number of amides is 1. The van der Waals surface area contributed by atoms with Crippen LogP contribution in [0.3, 0.4) is 0 Å². The molecule has 0 spiro atoms. The number of benzene rings is 1. The highest BCUT2D eigenvalue weighted by molar-refractivity contribution is 7.14. The number of rotatable bonds is 5. The molecule has 1 aliphatic heterocycles. The number of aromatic nitrogens is 1. The molecule has 1 fully saturated rings. The van der Waals surface area contributed by atoms with E-state index in [1.807, 2.05) is 23.6 Å². The third-order valence-electron chi connectivity index (χ3n) is 3.84. The molecule has 24 heavy (non-hydrogen) atoms. The first-order valence-electron chi connectivity index (χ1n) is 7.51. The molecule has 0 saturated carbocycles. The fourth-order valence-corrected chi connectivity index (χ4v) is 3.29. The van der Waals surface area contributed by atoms with Gasteiger partial charge in [0, 0.05) is 17.5 Å². The summed E-state index contributed by atoms with van der Waals surface area (Å²) in [6, 6.07) is 5.16. The molecule has 1 aliphatic rings. The second-order valence-electron chi connectivity index (χ2n) is 5.45. The molecule has 8 heteroatoms. The van der Waals surface area contributed by atoms with Gasteiger partial charge in [0.1, 0.15) is 0 Å². The topological polar surface area (TPSA) is 92.7 Å². The van der Waals surface area contributed by atoms with E-state index in [-0.39, 0.29) is 11.9 Å². The zero-order chi connectivity index (χ0) is 17.1. The van der Waals surface area contributed by atoms with Crippen LogP contribution < -0.4 is 20.1 Å². The lowest BCUT2D eigenvalue weighted by Crippen LogP contribution is -2.35. The number of nitrogens with zero attached hydrogens (tertiary/aromatic N) is 1. The van der Waals surface area contributed by atoms with Crippen LogP contribution in [0.5, 0.6) is 11.5 Å². The van der Waals surface area contributed by atoms with E-state index in [0.29, 0.717) is 29.6 Å². The normalized spacial score (nSPS) is 20.0. The van der Waals surface area contributed by atoms with Crippen LogP contribution in [0, 0.1) is 0 Å². The van der Waals surface area contributed by atoms with E-state index in [0.717, 1.165) is 11.3 Å². The van der Waals surface area contributed by atoms with Gasteiger partial charge in [-0.1, -0.05) is 0 Å². The quantitative estimate of drug-likeness (QED) is 0.757. The molecule has 2 aromatic rings. The zero-order valence-electron chi connectivity index (χ0n) is 13.4. The van der Waals surface area contributed by atoms with Gasteiger partial charge in [-0.2, -0.15) is 0 Å². The number of aliphatic hydroxyl groups excluding tert-OH is 1. The van der Waals surface area contributed by atoms with E-state index in [4.69, 9.17) is 9.47 Å². The summed E-state index contributed by atoms with van der Waals surface area (Å²) in [7, 11) is 3.17. The number of nitrogens with one attached hydrogen (secondary N) is 2. The average molecular weight is 349 g/mol. The smallest absolute Gasteiger partial charge is 0.243 e. The summed E-state index contributed by atoms with van der Waals surface area (Å²) in [5.74, 6) is 1.09. The van der Waals surface area contributed by atoms with Gasteiger partial charge in [-0.15, -0.1) is 11.3 Å². The maximum Gasteiger partial charge on any atom is 0.243 e. The lowest BCUT2D eigenvalue weighted by molar-refractivity contribution is -0.117. The largest absolute Gasteiger partial charge is 0.493 e. The summed E-state index contributed by atoms with van der Waals surface area (Å²) >= 11 is 1.35. The molecule has 1 saturated heterocycles. The minimum atomic E-state index is -0.473. The van der Waals surface area contributed by atoms with E-state index in [1.54, 1.807) is 14.2 Å². The highest BCUT2D eigenvalue weighted by atomic mass is 32.1. The monoisotopic (exact) mass is 349 g/mol. The Bertz CT molecular complexity index is 734. The molecule has 1 aromatic carbocycles. The SMILES string of the molecule is COc1ccc(-c2csc(NC(=O)[C@@H]3C[C@H](O)CN3)n2)cc1OC. The fraction of sp³-hybridized carbons (Fsp3) is 0.375. The molecule has 2 atom stereocenters. The second-order valence-corrected chi connectivity index (χ2v) is 6.31. The maximum absolute atomic E-state index is 12.1. The van der Waals surface area contributed by atoms with Crippen molar-refractivity contribution in [2.24, 2.45) is 0 Å². The first-order valence-corrected chi connectivity index (χ1v) is 8.39. The van der Waals surface area contributed by atoms with Crippen molar-refractivity contribution in [2.75, 3.05) is 26.1 Å². The van der Waals surface area contributed by atoms with E-state index in [9.17, 15) is 9.90 Å². The van der Waals surface area contributed by atoms with Gasteiger partial charge in [0.2, 0.25) is 5.91 Å². The Morgan fingerprint density at radius 3 is 2.83 bits per heavy atom. The van der Waals surface area contributed by atoms with Crippen molar-refractivity contribution in [3.63, 3.8) is 0 Å². The summed E-state index contributed by atoms with van der Waals surface area (Å²) in [5, 5.41) is 17.6. The highest BCUT2D eigenvalue weighted by Crippen LogP contribution is 2.33. The number of hydrogen-bond acceptors (Lipinski definition) is 7. The second kappa shape index (κ2) is 7.16. The number of β-amino-alcohol motifs (C(OH)–C–C–N with tert-alkyl or cyclic N) is 1. The number of thiazole rings is 1.